The molecule has 1 saturated heterocycles. The molecule has 0 radical (unpaired) electrons. The van der Waals surface area contributed by atoms with Gasteiger partial charge in [-0.15, -0.1) is 0 Å². The monoisotopic (exact) mass is 644 g/mol. The van der Waals surface area contributed by atoms with Crippen molar-refractivity contribution in [3.63, 3.8) is 0 Å². The molecule has 3 rings (SSSR count). The number of carbonyl (C=O) groups is 1. The summed E-state index contributed by atoms with van der Waals surface area (Å²) in [6.07, 6.45) is -15.4. The summed E-state index contributed by atoms with van der Waals surface area (Å²) in [5.74, 6) is -3.79. The van der Waals surface area contributed by atoms with Gasteiger partial charge in [0.05, 0.1) is 18.8 Å². The van der Waals surface area contributed by atoms with E-state index in [0.29, 0.717) is 4.57 Å². The van der Waals surface area contributed by atoms with E-state index in [0.717, 1.165) is 12.3 Å². The van der Waals surface area contributed by atoms with Crippen molar-refractivity contribution in [3.8, 4) is 0 Å². The second-order valence-corrected chi connectivity index (χ2v) is 11.0. The molecule has 1 saturated carbocycles. The molecule has 210 valence electrons. The molecular formula is C16H21N2Na3O17P2. The first kappa shape index (κ1) is 41.2. The largest absolute Gasteiger partial charge is 1.00 e. The van der Waals surface area contributed by atoms with Gasteiger partial charge in [0.15, 0.2) is 6.23 Å². The molecule has 0 spiro atoms. The zero-order chi connectivity index (χ0) is 27.9. The molecular weight excluding hydrogens is 623 g/mol. The van der Waals surface area contributed by atoms with Gasteiger partial charge in [0.1, 0.15) is 30.5 Å². The number of aliphatic hydroxyl groups excluding tert-OH is 5. The van der Waals surface area contributed by atoms with Gasteiger partial charge in [0, 0.05) is 24.2 Å². The third-order valence-electron chi connectivity index (χ3n) is 5.61. The Morgan fingerprint density at radius 1 is 1.00 bits per heavy atom. The van der Waals surface area contributed by atoms with Gasteiger partial charge in [-0.2, -0.15) is 0 Å². The van der Waals surface area contributed by atoms with Crippen molar-refractivity contribution in [2.45, 2.75) is 55.4 Å². The van der Waals surface area contributed by atoms with Crippen LogP contribution in [0.1, 0.15) is 12.6 Å². The molecule has 19 nitrogen and oxygen atoms in total. The summed E-state index contributed by atoms with van der Waals surface area (Å²) in [5.41, 5.74) is -1.81. The number of aliphatic carboxylic acids is 1. The van der Waals surface area contributed by atoms with Crippen LogP contribution in [0.5, 0.6) is 0 Å². The summed E-state index contributed by atoms with van der Waals surface area (Å²) >= 11 is 0. The van der Waals surface area contributed by atoms with Crippen LogP contribution in [0.15, 0.2) is 21.9 Å². The number of ether oxygens (including phenoxy) is 1. The molecule has 40 heavy (non-hydrogen) atoms. The summed E-state index contributed by atoms with van der Waals surface area (Å²) in [4.78, 5) is 60.1. The molecule has 1 aliphatic carbocycles. The Kier molecular flexibility index (Phi) is 17.0. The van der Waals surface area contributed by atoms with Gasteiger partial charge in [-0.3, -0.25) is 23.5 Å². The summed E-state index contributed by atoms with van der Waals surface area (Å²) in [6.45, 7) is -1.14. The van der Waals surface area contributed by atoms with Crippen LogP contribution in [0.4, 0.5) is 0 Å². The SMILES string of the molecule is O=C([O-])C1CC(OP(=O)([O-])OP(=O)([O-])OCC2OC(n3ccc(=O)[nH]c3=O)C(O)C2O)C(O)C(O)C1O.[Na+].[Na+].[Na+]. The number of phosphoric acid groups is 2. The van der Waals surface area contributed by atoms with Crippen LogP contribution in [0.3, 0.4) is 0 Å². The number of hydrogen-bond donors (Lipinski definition) is 6. The van der Waals surface area contributed by atoms with Gasteiger partial charge in [-0.25, -0.2) is 9.11 Å². The molecule has 2 heterocycles. The summed E-state index contributed by atoms with van der Waals surface area (Å²) in [7, 11) is -11.8. The van der Waals surface area contributed by atoms with E-state index in [9.17, 15) is 63.9 Å². The molecule has 11 unspecified atom stereocenters. The number of carboxylic acids is 1. The second-order valence-electron chi connectivity index (χ2n) is 8.11. The van der Waals surface area contributed by atoms with E-state index in [4.69, 9.17) is 4.74 Å². The Hall–Kier alpha value is 1.17. The number of phosphoric ester groups is 2. The van der Waals surface area contributed by atoms with Crippen LogP contribution >= 0.6 is 15.6 Å². The molecule has 24 heteroatoms. The number of nitrogens with zero attached hydrogens (tertiary/aromatic N) is 1. The maximum atomic E-state index is 12.1. The molecule has 0 bridgehead atoms. The normalized spacial score (nSPS) is 34.7. The Morgan fingerprint density at radius 2 is 1.60 bits per heavy atom. The van der Waals surface area contributed by atoms with Gasteiger partial charge in [0.25, 0.3) is 21.2 Å². The fourth-order valence-corrected chi connectivity index (χ4v) is 5.94. The number of aliphatic hydroxyl groups is 5. The van der Waals surface area contributed by atoms with Crippen LogP contribution in [0.2, 0.25) is 0 Å². The minimum atomic E-state index is -5.93. The predicted octanol–water partition coefficient (Wildman–Crippen LogP) is -15.6. The third kappa shape index (κ3) is 10.1. The zero-order valence-corrected chi connectivity index (χ0v) is 29.0. The summed E-state index contributed by atoms with van der Waals surface area (Å²) < 4.78 is 42.5. The Bertz CT molecular complexity index is 1220. The van der Waals surface area contributed by atoms with Crippen LogP contribution in [-0.4, -0.2) is 90.4 Å². The molecule has 2 fully saturated rings. The number of nitrogens with one attached hydrogen (secondary N) is 1. The quantitative estimate of drug-likeness (QED) is 0.107. The predicted molar refractivity (Wildman–Crippen MR) is 106 cm³/mol. The van der Waals surface area contributed by atoms with Gasteiger partial charge >= 0.3 is 94.4 Å². The first-order chi connectivity index (χ1) is 17.0. The van der Waals surface area contributed by atoms with E-state index in [1.165, 1.54) is 0 Å². The van der Waals surface area contributed by atoms with E-state index >= 15 is 0 Å². The van der Waals surface area contributed by atoms with E-state index in [1.807, 2.05) is 4.98 Å². The minimum Gasteiger partial charge on any atom is -0.756 e. The number of carbonyl (C=O) groups excluding carboxylic acids is 1. The fraction of sp³-hybridized carbons (Fsp3) is 0.688. The van der Waals surface area contributed by atoms with Crippen molar-refractivity contribution >= 4 is 21.6 Å². The van der Waals surface area contributed by atoms with Gasteiger partial charge in [-0.05, 0) is 6.42 Å². The number of aromatic amines is 1. The number of H-pyrrole nitrogens is 1. The summed E-state index contributed by atoms with van der Waals surface area (Å²) in [5, 5.41) is 60.5. The van der Waals surface area contributed by atoms with Crippen molar-refractivity contribution < 1.29 is 161 Å². The third-order valence-corrected chi connectivity index (χ3v) is 8.20. The van der Waals surface area contributed by atoms with Crippen molar-refractivity contribution in [1.82, 2.24) is 9.55 Å². The molecule has 0 amide bonds. The Morgan fingerprint density at radius 3 is 2.15 bits per heavy atom. The molecule has 11 atom stereocenters. The molecule has 1 aliphatic heterocycles. The second kappa shape index (κ2) is 16.5. The number of rotatable bonds is 9. The van der Waals surface area contributed by atoms with E-state index < -0.39 is 101 Å². The number of hydrogen-bond acceptors (Lipinski definition) is 17. The Labute approximate surface area is 290 Å². The van der Waals surface area contributed by atoms with Crippen LogP contribution in [0, 0.1) is 5.92 Å². The average molecular weight is 644 g/mol. The Balaban J connectivity index is 0.00000507. The maximum absolute atomic E-state index is 12.1. The van der Waals surface area contributed by atoms with Gasteiger partial charge in [0.2, 0.25) is 0 Å². The average Bonchev–Trinajstić information content (AvgIpc) is 3.05. The first-order valence-electron chi connectivity index (χ1n) is 10.3. The van der Waals surface area contributed by atoms with Crippen molar-refractivity contribution in [3.05, 3.63) is 33.1 Å². The molecule has 2 aliphatic rings. The van der Waals surface area contributed by atoms with E-state index in [-0.39, 0.29) is 88.7 Å². The maximum Gasteiger partial charge on any atom is 1.00 e. The van der Waals surface area contributed by atoms with Crippen molar-refractivity contribution in [2.75, 3.05) is 6.61 Å². The van der Waals surface area contributed by atoms with Gasteiger partial charge in [-0.1, -0.05) is 0 Å². The molecule has 6 N–H and O–H groups in total. The van der Waals surface area contributed by atoms with Crippen LogP contribution in [0.25, 0.3) is 0 Å². The van der Waals surface area contributed by atoms with Gasteiger partial charge < -0.3 is 59.0 Å². The van der Waals surface area contributed by atoms with E-state index in [1.54, 1.807) is 0 Å². The first-order valence-corrected chi connectivity index (χ1v) is 13.2. The topological polar surface area (TPSA) is 313 Å². The minimum absolute atomic E-state index is 0. The standard InChI is InChI=1S/C16H24N2O17P2.3Na/c19-8-1-2-18(16(27)17-8)14-13(24)11(22)7(33-14)4-32-36(28,29)35-37(30,31)34-6-3-5(15(25)26)9(20)12(23)10(6)21;;;/h1-2,5-7,9-14,20-24H,3-4H2,(H,25,26)(H,28,29)(H,30,31)(H,17,19,27);;;/q;3*+1/p-3. The fourth-order valence-electron chi connectivity index (χ4n) is 3.75. The smallest absolute Gasteiger partial charge is 0.756 e. The summed E-state index contributed by atoms with van der Waals surface area (Å²) in [6, 6.07) is 0.900. The van der Waals surface area contributed by atoms with Crippen LogP contribution in [-0.2, 0) is 32.0 Å². The van der Waals surface area contributed by atoms with Crippen LogP contribution < -0.4 is 115 Å². The van der Waals surface area contributed by atoms with Crippen molar-refractivity contribution in [1.29, 1.82) is 0 Å². The molecule has 1 aromatic rings. The number of aromatic nitrogens is 2. The number of carboxylic acid groups (broad SMARTS) is 1. The van der Waals surface area contributed by atoms with Crippen molar-refractivity contribution in [2.24, 2.45) is 5.92 Å². The zero-order valence-electron chi connectivity index (χ0n) is 21.2. The molecule has 0 aromatic carbocycles. The molecule has 1 aromatic heterocycles. The van der Waals surface area contributed by atoms with E-state index in [2.05, 4.69) is 13.4 Å².